The van der Waals surface area contributed by atoms with Gasteiger partial charge in [-0.2, -0.15) is 0 Å². The molecule has 1 saturated heterocycles. The summed E-state index contributed by atoms with van der Waals surface area (Å²) in [6.45, 7) is 0.837. The maximum Gasteiger partial charge on any atom is 0.220 e. The van der Waals surface area contributed by atoms with Crippen LogP contribution in [-0.2, 0) is 22.7 Å². The number of furan rings is 1. The van der Waals surface area contributed by atoms with Crippen molar-refractivity contribution in [1.29, 1.82) is 0 Å². The maximum atomic E-state index is 13.5. The summed E-state index contributed by atoms with van der Waals surface area (Å²) in [7, 11) is 1.59. The van der Waals surface area contributed by atoms with Crippen molar-refractivity contribution >= 4 is 5.91 Å². The topological polar surface area (TPSA) is 63.5 Å². The minimum Gasteiger partial charge on any atom is -0.462 e. The van der Waals surface area contributed by atoms with E-state index < -0.39 is 17.7 Å². The van der Waals surface area contributed by atoms with Crippen molar-refractivity contribution in [3.8, 4) is 0 Å². The molecular weight excluding hydrogens is 330 g/mol. The number of carbonyl (C=O) groups excluding carboxylic acids is 1. The summed E-state index contributed by atoms with van der Waals surface area (Å²) < 4.78 is 37.7. The van der Waals surface area contributed by atoms with Gasteiger partial charge in [0.1, 0.15) is 29.8 Å². The zero-order chi connectivity index (χ0) is 17.8. The van der Waals surface area contributed by atoms with Crippen LogP contribution in [-0.4, -0.2) is 19.1 Å². The van der Waals surface area contributed by atoms with Gasteiger partial charge < -0.3 is 19.8 Å². The van der Waals surface area contributed by atoms with E-state index in [1.165, 1.54) is 12.1 Å². The Morgan fingerprint density at radius 3 is 2.68 bits per heavy atom. The first kappa shape index (κ1) is 17.6. The van der Waals surface area contributed by atoms with E-state index in [4.69, 9.17) is 9.15 Å². The molecule has 1 fully saturated rings. The van der Waals surface area contributed by atoms with Gasteiger partial charge >= 0.3 is 0 Å². The lowest BCUT2D eigenvalue weighted by Gasteiger charge is -2.33. The molecule has 0 aliphatic carbocycles. The molecule has 5 nitrogen and oxygen atoms in total. The molecule has 3 rings (SSSR count). The van der Waals surface area contributed by atoms with Crippen LogP contribution in [0.1, 0.15) is 36.0 Å². The Kier molecular flexibility index (Phi) is 5.45. The van der Waals surface area contributed by atoms with E-state index >= 15 is 0 Å². The van der Waals surface area contributed by atoms with Crippen molar-refractivity contribution in [2.45, 2.75) is 38.1 Å². The molecule has 0 radical (unpaired) electrons. The Balaban J connectivity index is 1.71. The first-order chi connectivity index (χ1) is 12.0. The second-order valence-corrected chi connectivity index (χ2v) is 6.08. The highest BCUT2D eigenvalue weighted by Gasteiger charge is 2.30. The van der Waals surface area contributed by atoms with Gasteiger partial charge in [0.15, 0.2) is 0 Å². The van der Waals surface area contributed by atoms with Gasteiger partial charge in [0.05, 0.1) is 12.6 Å². The molecule has 134 valence electrons. The van der Waals surface area contributed by atoms with Crippen LogP contribution in [0.3, 0.4) is 0 Å². The highest BCUT2D eigenvalue weighted by Crippen LogP contribution is 2.26. The number of hydrogen-bond donors (Lipinski definition) is 2. The molecule has 1 aromatic carbocycles. The molecule has 1 aliphatic rings. The van der Waals surface area contributed by atoms with Crippen molar-refractivity contribution in [2.24, 2.45) is 0 Å². The van der Waals surface area contributed by atoms with Gasteiger partial charge in [-0.1, -0.05) is 0 Å². The number of amides is 1. The summed E-state index contributed by atoms with van der Waals surface area (Å²) in [6, 6.07) is 6.34. The van der Waals surface area contributed by atoms with Crippen LogP contribution in [0.25, 0.3) is 0 Å². The Morgan fingerprint density at radius 1 is 1.24 bits per heavy atom. The molecule has 0 spiro atoms. The third kappa shape index (κ3) is 4.43. The van der Waals surface area contributed by atoms with Crippen molar-refractivity contribution < 1.29 is 22.7 Å². The predicted molar refractivity (Wildman–Crippen MR) is 86.5 cm³/mol. The minimum absolute atomic E-state index is 0.131. The molecular formula is C18H20F2N2O3. The summed E-state index contributed by atoms with van der Waals surface area (Å²) in [5.74, 6) is -0.00570. The number of halogens is 2. The van der Waals surface area contributed by atoms with Gasteiger partial charge in [-0.05, 0) is 36.2 Å². The molecule has 2 atom stereocenters. The second-order valence-electron chi connectivity index (χ2n) is 6.08. The lowest BCUT2D eigenvalue weighted by molar-refractivity contribution is -0.123. The van der Waals surface area contributed by atoms with Gasteiger partial charge in [0.25, 0.3) is 0 Å². The average Bonchev–Trinajstić information content (AvgIpc) is 3.01. The molecule has 1 aliphatic heterocycles. The van der Waals surface area contributed by atoms with Gasteiger partial charge in [-0.15, -0.1) is 0 Å². The molecule has 2 heterocycles. The first-order valence-electron chi connectivity index (χ1n) is 8.10. The fourth-order valence-corrected chi connectivity index (χ4v) is 3.06. The zero-order valence-corrected chi connectivity index (χ0v) is 13.9. The second kappa shape index (κ2) is 7.76. The summed E-state index contributed by atoms with van der Waals surface area (Å²) in [5.41, 5.74) is 0.405. The maximum absolute atomic E-state index is 13.5. The van der Waals surface area contributed by atoms with E-state index in [2.05, 4.69) is 10.6 Å². The Hall–Kier alpha value is -2.25. The standard InChI is InChI=1S/C18H20F2N2O3/c1-24-10-15-3-2-14(25-15)9-21-16-4-5-17(23)22-18(16)11-6-12(19)8-13(20)7-11/h2-3,6-8,16,18,21H,4-5,9-10H2,1H3,(H,22,23)/t16-,18+/m1/s1. The minimum atomic E-state index is -0.663. The Bertz CT molecular complexity index is 727. The lowest BCUT2D eigenvalue weighted by atomic mass is 9.91. The quantitative estimate of drug-likeness (QED) is 0.841. The molecule has 2 aromatic rings. The van der Waals surface area contributed by atoms with E-state index in [1.54, 1.807) is 7.11 Å². The molecule has 7 heteroatoms. The zero-order valence-electron chi connectivity index (χ0n) is 13.9. The number of nitrogens with one attached hydrogen (secondary N) is 2. The molecule has 2 N–H and O–H groups in total. The van der Waals surface area contributed by atoms with Gasteiger partial charge in [0.2, 0.25) is 5.91 Å². The average molecular weight is 350 g/mol. The number of benzene rings is 1. The lowest BCUT2D eigenvalue weighted by Crippen LogP contribution is -2.48. The monoisotopic (exact) mass is 350 g/mol. The number of methoxy groups -OCH3 is 1. The number of piperidine rings is 1. The molecule has 1 amide bonds. The van der Waals surface area contributed by atoms with Crippen LogP contribution < -0.4 is 10.6 Å². The fraction of sp³-hybridized carbons (Fsp3) is 0.389. The van der Waals surface area contributed by atoms with Crippen LogP contribution >= 0.6 is 0 Å². The summed E-state index contributed by atoms with van der Waals surface area (Å²) in [5, 5.41) is 6.12. The number of rotatable bonds is 6. The van der Waals surface area contributed by atoms with E-state index in [9.17, 15) is 13.6 Å². The van der Waals surface area contributed by atoms with Crippen molar-refractivity contribution in [2.75, 3.05) is 7.11 Å². The Labute approximate surface area is 144 Å². The van der Waals surface area contributed by atoms with Crippen LogP contribution in [0.15, 0.2) is 34.7 Å². The largest absolute Gasteiger partial charge is 0.462 e. The van der Waals surface area contributed by atoms with Crippen molar-refractivity contribution in [3.05, 3.63) is 59.1 Å². The SMILES string of the molecule is COCc1ccc(CN[C@@H]2CCC(=O)N[C@H]2c2cc(F)cc(F)c2)o1. The highest BCUT2D eigenvalue weighted by molar-refractivity contribution is 5.77. The Morgan fingerprint density at radius 2 is 1.96 bits per heavy atom. The summed E-state index contributed by atoms with van der Waals surface area (Å²) >= 11 is 0. The smallest absolute Gasteiger partial charge is 0.220 e. The highest BCUT2D eigenvalue weighted by atomic mass is 19.1. The number of ether oxygens (including phenoxy) is 1. The van der Waals surface area contributed by atoms with Crippen molar-refractivity contribution in [1.82, 2.24) is 10.6 Å². The van der Waals surface area contributed by atoms with Gasteiger partial charge in [-0.25, -0.2) is 8.78 Å². The van der Waals surface area contributed by atoms with E-state index in [0.29, 0.717) is 31.6 Å². The van der Waals surface area contributed by atoms with Gasteiger partial charge in [0, 0.05) is 25.6 Å². The van der Waals surface area contributed by atoms with Crippen LogP contribution in [0.2, 0.25) is 0 Å². The third-order valence-corrected chi connectivity index (χ3v) is 4.19. The molecule has 1 aromatic heterocycles. The molecule has 0 bridgehead atoms. The molecule has 0 saturated carbocycles. The fourth-order valence-electron chi connectivity index (χ4n) is 3.06. The van der Waals surface area contributed by atoms with Crippen LogP contribution in [0, 0.1) is 11.6 Å². The summed E-state index contributed by atoms with van der Waals surface area (Å²) in [4.78, 5) is 11.8. The molecule has 25 heavy (non-hydrogen) atoms. The van der Waals surface area contributed by atoms with E-state index in [0.717, 1.165) is 17.6 Å². The van der Waals surface area contributed by atoms with E-state index in [1.807, 2.05) is 12.1 Å². The number of hydrogen-bond acceptors (Lipinski definition) is 4. The van der Waals surface area contributed by atoms with Gasteiger partial charge in [-0.3, -0.25) is 4.79 Å². The van der Waals surface area contributed by atoms with Crippen LogP contribution in [0.5, 0.6) is 0 Å². The molecule has 0 unspecified atom stereocenters. The normalized spacial score (nSPS) is 20.5. The first-order valence-corrected chi connectivity index (χ1v) is 8.10. The van der Waals surface area contributed by atoms with Crippen molar-refractivity contribution in [3.63, 3.8) is 0 Å². The van der Waals surface area contributed by atoms with Crippen LogP contribution in [0.4, 0.5) is 8.78 Å². The predicted octanol–water partition coefficient (Wildman–Crippen LogP) is 2.81. The third-order valence-electron chi connectivity index (χ3n) is 4.19. The van der Waals surface area contributed by atoms with E-state index in [-0.39, 0.29) is 11.9 Å². The number of carbonyl (C=O) groups is 1. The summed E-state index contributed by atoms with van der Waals surface area (Å²) in [6.07, 6.45) is 0.930.